The summed E-state index contributed by atoms with van der Waals surface area (Å²) in [5.41, 5.74) is 0. The second-order valence-corrected chi connectivity index (χ2v) is 3.58. The van der Waals surface area contributed by atoms with Gasteiger partial charge in [-0.05, 0) is 37.5 Å². The Morgan fingerprint density at radius 2 is 2.29 bits per heavy atom. The molecule has 1 radical (unpaired) electrons. The smallest absolute Gasteiger partial charge is 0.156 e. The summed E-state index contributed by atoms with van der Waals surface area (Å²) >= 11 is 4.65. The molecule has 14 heavy (non-hydrogen) atoms. The molecule has 77 valence electrons. The van der Waals surface area contributed by atoms with Crippen molar-refractivity contribution in [1.29, 1.82) is 0 Å². The Labute approximate surface area is 89.1 Å². The van der Waals surface area contributed by atoms with Gasteiger partial charge in [-0.15, -0.1) is 5.10 Å². The monoisotopic (exact) mass is 212 g/mol. The maximum absolute atomic E-state index is 4.65. The van der Waals surface area contributed by atoms with Crippen LogP contribution in [-0.4, -0.2) is 51.1 Å². The summed E-state index contributed by atoms with van der Waals surface area (Å²) in [5, 5.41) is 14.0. The van der Waals surface area contributed by atoms with Gasteiger partial charge < -0.3 is 4.90 Å². The van der Waals surface area contributed by atoms with Crippen LogP contribution in [0.15, 0.2) is 0 Å². The summed E-state index contributed by atoms with van der Waals surface area (Å²) in [7, 11) is 4.09. The molecule has 0 saturated carbocycles. The lowest BCUT2D eigenvalue weighted by atomic mass is 10.4. The van der Waals surface area contributed by atoms with Crippen molar-refractivity contribution in [3.05, 3.63) is 5.82 Å². The Kier molecular flexibility index (Phi) is 4.61. The van der Waals surface area contributed by atoms with Crippen molar-refractivity contribution in [2.75, 3.05) is 20.6 Å². The first-order chi connectivity index (χ1) is 6.74. The first-order valence-corrected chi connectivity index (χ1v) is 4.89. The minimum atomic E-state index is 0.532. The number of aromatic nitrogens is 4. The van der Waals surface area contributed by atoms with Gasteiger partial charge in [0.1, 0.15) is 0 Å². The van der Waals surface area contributed by atoms with Crippen LogP contribution in [0.3, 0.4) is 0 Å². The predicted molar refractivity (Wildman–Crippen MR) is 57.3 cm³/mol. The maximum atomic E-state index is 4.65. The molecule has 1 aromatic rings. The third kappa shape index (κ3) is 3.47. The molecule has 0 saturated heterocycles. The first-order valence-electron chi connectivity index (χ1n) is 4.49. The second kappa shape index (κ2) is 5.77. The Morgan fingerprint density at radius 3 is 2.93 bits per heavy atom. The normalized spacial score (nSPS) is 10.8. The van der Waals surface area contributed by atoms with Crippen LogP contribution < -0.4 is 0 Å². The van der Waals surface area contributed by atoms with Crippen molar-refractivity contribution in [2.24, 2.45) is 0 Å². The van der Waals surface area contributed by atoms with Gasteiger partial charge in [0.25, 0.3) is 0 Å². The fourth-order valence-corrected chi connectivity index (χ4v) is 1.25. The molecule has 1 aromatic heterocycles. The van der Waals surface area contributed by atoms with Crippen LogP contribution in [0.1, 0.15) is 12.2 Å². The standard InChI is InChI=1S/C8H14N5S/c1-12(2)5-3-6-13-8(4-7-14)9-10-11-13/h3-6H2,1-2H3. The van der Waals surface area contributed by atoms with E-state index in [2.05, 4.69) is 38.0 Å². The van der Waals surface area contributed by atoms with E-state index in [-0.39, 0.29) is 0 Å². The van der Waals surface area contributed by atoms with Gasteiger partial charge in [0.05, 0.1) is 0 Å². The highest BCUT2D eigenvalue weighted by atomic mass is 32.1. The van der Waals surface area contributed by atoms with E-state index in [1.165, 1.54) is 0 Å². The molecule has 0 unspecified atom stereocenters. The second-order valence-electron chi connectivity index (χ2n) is 3.30. The maximum Gasteiger partial charge on any atom is 0.156 e. The summed E-state index contributed by atoms with van der Waals surface area (Å²) < 4.78 is 1.78. The molecule has 0 amide bonds. The summed E-state index contributed by atoms with van der Waals surface area (Å²) in [6.07, 6.45) is 1.56. The van der Waals surface area contributed by atoms with Crippen molar-refractivity contribution in [2.45, 2.75) is 19.4 Å². The van der Waals surface area contributed by atoms with Crippen molar-refractivity contribution in [3.8, 4) is 0 Å². The van der Waals surface area contributed by atoms with Crippen LogP contribution in [-0.2, 0) is 13.0 Å². The molecular formula is C8H14N5S. The van der Waals surface area contributed by atoms with Gasteiger partial charge in [0.2, 0.25) is 0 Å². The van der Waals surface area contributed by atoms with E-state index in [1.54, 1.807) is 4.68 Å². The quantitative estimate of drug-likeness (QED) is 0.623. The van der Waals surface area contributed by atoms with Gasteiger partial charge in [-0.3, -0.25) is 0 Å². The van der Waals surface area contributed by atoms with Crippen LogP contribution in [0.5, 0.6) is 0 Å². The van der Waals surface area contributed by atoms with Gasteiger partial charge in [0, 0.05) is 18.3 Å². The van der Waals surface area contributed by atoms with E-state index in [0.717, 1.165) is 25.3 Å². The molecule has 6 heteroatoms. The zero-order valence-corrected chi connectivity index (χ0v) is 9.29. The predicted octanol–water partition coefficient (Wildman–Crippen LogP) is 0.0440. The minimum absolute atomic E-state index is 0.532. The average molecular weight is 212 g/mol. The fourth-order valence-electron chi connectivity index (χ4n) is 1.12. The molecule has 0 fully saturated rings. The Bertz CT molecular complexity index is 283. The molecule has 0 bridgehead atoms. The van der Waals surface area contributed by atoms with E-state index in [9.17, 15) is 0 Å². The molecule has 0 aliphatic rings. The Balaban J connectivity index is 2.41. The number of nitrogens with zero attached hydrogens (tertiary/aromatic N) is 5. The summed E-state index contributed by atoms with van der Waals surface area (Å²) in [6.45, 7) is 1.86. The topological polar surface area (TPSA) is 46.8 Å². The molecule has 1 heterocycles. The van der Waals surface area contributed by atoms with Crippen molar-refractivity contribution < 1.29 is 0 Å². The largest absolute Gasteiger partial charge is 0.309 e. The third-order valence-corrected chi connectivity index (χ3v) is 1.96. The minimum Gasteiger partial charge on any atom is -0.309 e. The van der Waals surface area contributed by atoms with Gasteiger partial charge in [-0.2, -0.15) is 0 Å². The van der Waals surface area contributed by atoms with Crippen LogP contribution in [0, 0.1) is 0 Å². The summed E-state index contributed by atoms with van der Waals surface area (Å²) in [6, 6.07) is 0. The highest BCUT2D eigenvalue weighted by molar-refractivity contribution is 7.78. The van der Waals surface area contributed by atoms with Crippen LogP contribution in [0.2, 0.25) is 0 Å². The Morgan fingerprint density at radius 1 is 1.50 bits per heavy atom. The van der Waals surface area contributed by atoms with Crippen LogP contribution >= 0.6 is 12.2 Å². The van der Waals surface area contributed by atoms with Crippen molar-refractivity contribution >= 4 is 17.6 Å². The summed E-state index contributed by atoms with van der Waals surface area (Å²) in [4.78, 5) is 2.13. The summed E-state index contributed by atoms with van der Waals surface area (Å²) in [5.74, 6) is 0.791. The fraction of sp³-hybridized carbons (Fsp3) is 0.750. The molecule has 0 aliphatic heterocycles. The van der Waals surface area contributed by atoms with Crippen LogP contribution in [0.25, 0.3) is 0 Å². The molecule has 0 aliphatic carbocycles. The molecule has 0 spiro atoms. The van der Waals surface area contributed by atoms with Crippen molar-refractivity contribution in [1.82, 2.24) is 25.1 Å². The van der Waals surface area contributed by atoms with E-state index in [4.69, 9.17) is 0 Å². The van der Waals surface area contributed by atoms with E-state index in [0.29, 0.717) is 6.42 Å². The molecule has 0 N–H and O–H groups in total. The van der Waals surface area contributed by atoms with Crippen LogP contribution in [0.4, 0.5) is 0 Å². The molecule has 5 nitrogen and oxygen atoms in total. The van der Waals surface area contributed by atoms with E-state index >= 15 is 0 Å². The zero-order chi connectivity index (χ0) is 10.4. The number of aryl methyl sites for hydroxylation is 1. The van der Waals surface area contributed by atoms with Gasteiger partial charge in [-0.1, -0.05) is 12.2 Å². The highest BCUT2D eigenvalue weighted by Gasteiger charge is 2.03. The third-order valence-electron chi connectivity index (χ3n) is 1.81. The SMILES string of the molecule is CN(C)CCCn1nnnc1C[C]=S. The average Bonchev–Trinajstić information content (AvgIpc) is 2.53. The molecule has 0 aromatic carbocycles. The molecular weight excluding hydrogens is 198 g/mol. The zero-order valence-electron chi connectivity index (χ0n) is 8.47. The lowest BCUT2D eigenvalue weighted by Gasteiger charge is -2.08. The van der Waals surface area contributed by atoms with Gasteiger partial charge in [-0.25, -0.2) is 4.68 Å². The number of hydrogen-bond donors (Lipinski definition) is 0. The number of rotatable bonds is 6. The molecule has 0 atom stereocenters. The molecule has 1 rings (SSSR count). The number of thiocarbonyl (C=S) groups is 1. The lowest BCUT2D eigenvalue weighted by Crippen LogP contribution is -2.16. The highest BCUT2D eigenvalue weighted by Crippen LogP contribution is 1.95. The van der Waals surface area contributed by atoms with E-state index in [1.807, 2.05) is 14.1 Å². The van der Waals surface area contributed by atoms with Crippen molar-refractivity contribution in [3.63, 3.8) is 0 Å². The van der Waals surface area contributed by atoms with Gasteiger partial charge >= 0.3 is 0 Å². The number of hydrogen-bond acceptors (Lipinski definition) is 5. The Hall–Kier alpha value is -0.880. The van der Waals surface area contributed by atoms with E-state index < -0.39 is 0 Å². The number of tetrazole rings is 1. The van der Waals surface area contributed by atoms with Gasteiger partial charge in [0.15, 0.2) is 5.82 Å². The first kappa shape index (κ1) is 11.2. The lowest BCUT2D eigenvalue weighted by molar-refractivity contribution is 0.377.